The van der Waals surface area contributed by atoms with Gasteiger partial charge < -0.3 is 15.2 Å². The van der Waals surface area contributed by atoms with E-state index in [4.69, 9.17) is 0 Å². The van der Waals surface area contributed by atoms with Gasteiger partial charge in [0.1, 0.15) is 0 Å². The molecule has 1 amide bonds. The molecule has 2 aliphatic heterocycles. The number of hydrogen-bond acceptors (Lipinski definition) is 2. The zero-order chi connectivity index (χ0) is 15.1. The van der Waals surface area contributed by atoms with E-state index in [1.807, 2.05) is 18.2 Å². The second kappa shape index (κ2) is 5.29. The van der Waals surface area contributed by atoms with E-state index in [1.54, 1.807) is 0 Å². The van der Waals surface area contributed by atoms with Crippen molar-refractivity contribution in [1.82, 2.24) is 9.88 Å². The van der Waals surface area contributed by atoms with E-state index in [0.717, 1.165) is 11.3 Å². The van der Waals surface area contributed by atoms with Crippen LogP contribution in [0.4, 0.5) is 5.69 Å². The average molecular weight is 295 g/mol. The summed E-state index contributed by atoms with van der Waals surface area (Å²) >= 11 is 0. The molecule has 0 saturated carbocycles. The highest BCUT2D eigenvalue weighted by Crippen LogP contribution is 2.39. The average Bonchev–Trinajstić information content (AvgIpc) is 3.22. The molecule has 1 aromatic heterocycles. The molecule has 0 unspecified atom stereocenters. The Bertz CT molecular complexity index is 706. The molecule has 4 heteroatoms. The smallest absolute Gasteiger partial charge is 0.221 e. The van der Waals surface area contributed by atoms with E-state index in [9.17, 15) is 4.79 Å². The van der Waals surface area contributed by atoms with Gasteiger partial charge in [-0.15, -0.1) is 0 Å². The van der Waals surface area contributed by atoms with Crippen LogP contribution in [0, 0.1) is 0 Å². The number of rotatable bonds is 3. The van der Waals surface area contributed by atoms with Gasteiger partial charge in [0.15, 0.2) is 0 Å². The lowest BCUT2D eigenvalue weighted by Crippen LogP contribution is -2.25. The van der Waals surface area contributed by atoms with Crippen molar-refractivity contribution in [3.63, 3.8) is 0 Å². The SMILES string of the molecule is CC(=O)Nc1cccc(-c2cccn2[C@@H]2C[C@H]3CC[C@@H]2N3)c1. The zero-order valence-electron chi connectivity index (χ0n) is 12.8. The standard InChI is InChI=1S/C18H21N3O/c1-12(22)19-14-5-2-4-13(10-14)17-6-3-9-21(17)18-11-15-7-8-16(18)20-15/h2-6,9-10,15-16,18,20H,7-8,11H2,1H3,(H,19,22)/t15-,16+,18-/m1/s1. The lowest BCUT2D eigenvalue weighted by Gasteiger charge is -2.24. The summed E-state index contributed by atoms with van der Waals surface area (Å²) in [5.41, 5.74) is 3.23. The van der Waals surface area contributed by atoms with E-state index in [1.165, 1.54) is 31.9 Å². The van der Waals surface area contributed by atoms with Crippen LogP contribution in [0.25, 0.3) is 11.3 Å². The molecule has 3 atom stereocenters. The highest BCUT2D eigenvalue weighted by Gasteiger charge is 2.40. The quantitative estimate of drug-likeness (QED) is 0.913. The molecule has 1 aromatic carbocycles. The number of nitrogens with one attached hydrogen (secondary N) is 2. The summed E-state index contributed by atoms with van der Waals surface area (Å²) in [6, 6.07) is 14.2. The third-order valence-corrected chi connectivity index (χ3v) is 4.88. The molecule has 4 rings (SSSR count). The van der Waals surface area contributed by atoms with Crippen molar-refractivity contribution in [3.05, 3.63) is 42.6 Å². The largest absolute Gasteiger partial charge is 0.343 e. The van der Waals surface area contributed by atoms with E-state index >= 15 is 0 Å². The van der Waals surface area contributed by atoms with Gasteiger partial charge in [-0.3, -0.25) is 4.79 Å². The molecular weight excluding hydrogens is 274 g/mol. The fraction of sp³-hybridized carbons (Fsp3) is 0.389. The summed E-state index contributed by atoms with van der Waals surface area (Å²) in [5, 5.41) is 6.57. The van der Waals surface area contributed by atoms with E-state index in [-0.39, 0.29) is 5.91 Å². The monoisotopic (exact) mass is 295 g/mol. The fourth-order valence-corrected chi connectivity index (χ4v) is 3.99. The van der Waals surface area contributed by atoms with Crippen LogP contribution in [0.2, 0.25) is 0 Å². The fourth-order valence-electron chi connectivity index (χ4n) is 3.99. The van der Waals surface area contributed by atoms with Gasteiger partial charge in [0.05, 0.1) is 6.04 Å². The summed E-state index contributed by atoms with van der Waals surface area (Å²) in [4.78, 5) is 11.2. The summed E-state index contributed by atoms with van der Waals surface area (Å²) in [6.45, 7) is 1.54. The maximum Gasteiger partial charge on any atom is 0.221 e. The van der Waals surface area contributed by atoms with Gasteiger partial charge in [0, 0.05) is 42.1 Å². The first-order chi connectivity index (χ1) is 10.7. The molecule has 3 heterocycles. The molecule has 2 bridgehead atoms. The Kier molecular flexibility index (Phi) is 3.26. The number of benzene rings is 1. The molecular formula is C18H21N3O. The normalized spacial score (nSPS) is 26.3. The van der Waals surface area contributed by atoms with Gasteiger partial charge in [-0.2, -0.15) is 0 Å². The Morgan fingerprint density at radius 2 is 2.18 bits per heavy atom. The second-order valence-electron chi connectivity index (χ2n) is 6.41. The Balaban J connectivity index is 1.66. The van der Waals surface area contributed by atoms with E-state index in [2.05, 4.69) is 39.6 Å². The maximum absolute atomic E-state index is 11.2. The molecule has 2 saturated heterocycles. The summed E-state index contributed by atoms with van der Waals surface area (Å²) in [7, 11) is 0. The van der Waals surface area contributed by atoms with Gasteiger partial charge in [-0.25, -0.2) is 0 Å². The Labute approximate surface area is 130 Å². The van der Waals surface area contributed by atoms with Gasteiger partial charge in [-0.1, -0.05) is 12.1 Å². The number of amides is 1. The number of carbonyl (C=O) groups is 1. The van der Waals surface area contributed by atoms with Crippen LogP contribution in [0.15, 0.2) is 42.6 Å². The Morgan fingerprint density at radius 3 is 2.91 bits per heavy atom. The van der Waals surface area contributed by atoms with Gasteiger partial charge in [-0.05, 0) is 43.5 Å². The maximum atomic E-state index is 11.2. The van der Waals surface area contributed by atoms with Crippen molar-refractivity contribution >= 4 is 11.6 Å². The Hall–Kier alpha value is -2.07. The van der Waals surface area contributed by atoms with Crippen molar-refractivity contribution < 1.29 is 4.79 Å². The van der Waals surface area contributed by atoms with E-state index < -0.39 is 0 Å². The van der Waals surface area contributed by atoms with Crippen LogP contribution in [0.5, 0.6) is 0 Å². The number of carbonyl (C=O) groups excluding carboxylic acids is 1. The summed E-state index contributed by atoms with van der Waals surface area (Å²) in [5.74, 6) is -0.0372. The first-order valence-corrected chi connectivity index (χ1v) is 8.01. The first-order valence-electron chi connectivity index (χ1n) is 8.01. The number of anilines is 1. The molecule has 0 radical (unpaired) electrons. The van der Waals surface area contributed by atoms with Crippen LogP contribution in [-0.4, -0.2) is 22.6 Å². The highest BCUT2D eigenvalue weighted by atomic mass is 16.1. The van der Waals surface area contributed by atoms with Crippen LogP contribution in [0.1, 0.15) is 32.2 Å². The van der Waals surface area contributed by atoms with Crippen molar-refractivity contribution in [3.8, 4) is 11.3 Å². The molecule has 2 aliphatic rings. The number of hydrogen-bond donors (Lipinski definition) is 2. The number of aromatic nitrogens is 1. The lowest BCUT2D eigenvalue weighted by atomic mass is 9.95. The summed E-state index contributed by atoms with van der Waals surface area (Å²) < 4.78 is 2.41. The minimum absolute atomic E-state index is 0.0372. The third-order valence-electron chi connectivity index (χ3n) is 4.88. The highest BCUT2D eigenvalue weighted by molar-refractivity contribution is 5.89. The van der Waals surface area contributed by atoms with Crippen LogP contribution in [0.3, 0.4) is 0 Å². The van der Waals surface area contributed by atoms with E-state index in [0.29, 0.717) is 18.1 Å². The molecule has 4 nitrogen and oxygen atoms in total. The van der Waals surface area contributed by atoms with Crippen molar-refractivity contribution in [2.24, 2.45) is 0 Å². The third kappa shape index (κ3) is 2.33. The molecule has 22 heavy (non-hydrogen) atoms. The molecule has 2 N–H and O–H groups in total. The molecule has 2 aromatic rings. The molecule has 114 valence electrons. The topological polar surface area (TPSA) is 46.1 Å². The molecule has 0 aliphatic carbocycles. The second-order valence-corrected chi connectivity index (χ2v) is 6.41. The minimum Gasteiger partial charge on any atom is -0.343 e. The van der Waals surface area contributed by atoms with Crippen molar-refractivity contribution in [2.75, 3.05) is 5.32 Å². The van der Waals surface area contributed by atoms with Crippen molar-refractivity contribution in [1.29, 1.82) is 0 Å². The van der Waals surface area contributed by atoms with Gasteiger partial charge >= 0.3 is 0 Å². The lowest BCUT2D eigenvalue weighted by molar-refractivity contribution is -0.114. The van der Waals surface area contributed by atoms with Crippen molar-refractivity contribution in [2.45, 2.75) is 44.3 Å². The molecule has 2 fully saturated rings. The van der Waals surface area contributed by atoms with Crippen LogP contribution in [-0.2, 0) is 4.79 Å². The molecule has 0 spiro atoms. The van der Waals surface area contributed by atoms with Gasteiger partial charge in [0.2, 0.25) is 5.91 Å². The first kappa shape index (κ1) is 13.6. The van der Waals surface area contributed by atoms with Crippen LogP contribution < -0.4 is 10.6 Å². The number of nitrogens with zero attached hydrogens (tertiary/aromatic N) is 1. The predicted octanol–water partition coefficient (Wildman–Crippen LogP) is 3.18. The number of fused-ring (bicyclic) bond motifs is 2. The zero-order valence-corrected chi connectivity index (χ0v) is 12.8. The van der Waals surface area contributed by atoms with Gasteiger partial charge in [0.25, 0.3) is 0 Å². The Morgan fingerprint density at radius 1 is 1.27 bits per heavy atom. The predicted molar refractivity (Wildman–Crippen MR) is 87.8 cm³/mol. The summed E-state index contributed by atoms with van der Waals surface area (Å²) in [6.07, 6.45) is 6.00. The van der Waals surface area contributed by atoms with Crippen LogP contribution >= 0.6 is 0 Å². The minimum atomic E-state index is -0.0372.